The van der Waals surface area contributed by atoms with Crippen molar-refractivity contribution in [1.29, 1.82) is 0 Å². The number of anilines is 2. The summed E-state index contributed by atoms with van der Waals surface area (Å²) >= 11 is 0. The van der Waals surface area contributed by atoms with Crippen LogP contribution in [0.15, 0.2) is 30.5 Å². The van der Waals surface area contributed by atoms with E-state index in [2.05, 4.69) is 20.2 Å². The van der Waals surface area contributed by atoms with Gasteiger partial charge in [-0.15, -0.1) is 0 Å². The lowest BCUT2D eigenvalue weighted by atomic mass is 10.1. The average molecular weight is 341 g/mol. The number of carbonyl (C=O) groups is 1. The van der Waals surface area contributed by atoms with Crippen molar-refractivity contribution in [1.82, 2.24) is 15.3 Å². The van der Waals surface area contributed by atoms with Gasteiger partial charge in [-0.05, 0) is 25.3 Å². The molecule has 1 saturated heterocycles. The highest BCUT2D eigenvalue weighted by molar-refractivity contribution is 5.98. The van der Waals surface area contributed by atoms with Crippen LogP contribution in [0, 0.1) is 0 Å². The highest BCUT2D eigenvalue weighted by Crippen LogP contribution is 2.19. The van der Waals surface area contributed by atoms with E-state index >= 15 is 0 Å². The molecule has 7 nitrogen and oxygen atoms in total. The van der Waals surface area contributed by atoms with E-state index in [9.17, 15) is 4.79 Å². The Kier molecular flexibility index (Phi) is 5.33. The van der Waals surface area contributed by atoms with E-state index in [1.807, 2.05) is 24.3 Å². The molecule has 0 spiro atoms. The van der Waals surface area contributed by atoms with Crippen LogP contribution in [0.25, 0.3) is 0 Å². The Labute approximate surface area is 147 Å². The number of carbonyl (C=O) groups excluding carboxylic acids is 1. The van der Waals surface area contributed by atoms with E-state index in [1.165, 1.54) is 12.6 Å². The molecule has 2 aromatic rings. The van der Waals surface area contributed by atoms with Crippen molar-refractivity contribution in [3.05, 3.63) is 41.6 Å². The quantitative estimate of drug-likeness (QED) is 0.864. The van der Waals surface area contributed by atoms with Gasteiger partial charge < -0.3 is 20.7 Å². The molecule has 3 N–H and O–H groups in total. The number of aromatic nitrogens is 2. The van der Waals surface area contributed by atoms with Gasteiger partial charge in [0.05, 0.1) is 12.7 Å². The lowest BCUT2D eigenvalue weighted by Gasteiger charge is -2.26. The number of nitrogens with zero attached hydrogens (tertiary/aromatic N) is 3. The molecule has 0 unspecified atom stereocenters. The number of hydrogen-bond acceptors (Lipinski definition) is 6. The van der Waals surface area contributed by atoms with E-state index in [-0.39, 0.29) is 17.3 Å². The summed E-state index contributed by atoms with van der Waals surface area (Å²) in [4.78, 5) is 23.1. The van der Waals surface area contributed by atoms with Gasteiger partial charge in [-0.25, -0.2) is 4.98 Å². The van der Waals surface area contributed by atoms with Gasteiger partial charge in [-0.3, -0.25) is 4.79 Å². The maximum Gasteiger partial charge on any atom is 0.256 e. The highest BCUT2D eigenvalue weighted by Gasteiger charge is 2.17. The zero-order valence-corrected chi connectivity index (χ0v) is 14.4. The number of methoxy groups -OCH3 is 1. The molecule has 1 aromatic carbocycles. The summed E-state index contributed by atoms with van der Waals surface area (Å²) in [5.41, 5.74) is 7.17. The summed E-state index contributed by atoms with van der Waals surface area (Å²) in [6.07, 6.45) is 4.99. The van der Waals surface area contributed by atoms with Crippen LogP contribution in [0.1, 0.15) is 35.2 Å². The molecule has 3 rings (SSSR count). The number of nitrogen functional groups attached to an aromatic ring is 1. The van der Waals surface area contributed by atoms with Gasteiger partial charge in [0, 0.05) is 31.4 Å². The summed E-state index contributed by atoms with van der Waals surface area (Å²) in [5.74, 6) is 1.23. The third-order valence-corrected chi connectivity index (χ3v) is 4.32. The standard InChI is InChI=1S/C18H23N5O2/c1-25-15-8-4-3-7-13(15)11-20-17(24)14-12-21-18(22-16(14)19)23-9-5-2-6-10-23/h3-4,7-8,12H,2,5-6,9-11H2,1H3,(H,20,24)(H2,19,21,22). The Balaban J connectivity index is 1.67. The molecule has 1 aliphatic rings. The number of rotatable bonds is 5. The smallest absolute Gasteiger partial charge is 0.256 e. The van der Waals surface area contributed by atoms with E-state index in [4.69, 9.17) is 10.5 Å². The van der Waals surface area contributed by atoms with Crippen molar-refractivity contribution in [3.63, 3.8) is 0 Å². The van der Waals surface area contributed by atoms with Crippen LogP contribution in [0.4, 0.5) is 11.8 Å². The SMILES string of the molecule is COc1ccccc1CNC(=O)c1cnc(N2CCCCC2)nc1N. The fourth-order valence-electron chi connectivity index (χ4n) is 2.93. The molecule has 0 atom stereocenters. The Morgan fingerprint density at radius 1 is 1.28 bits per heavy atom. The van der Waals surface area contributed by atoms with E-state index < -0.39 is 0 Å². The number of ether oxygens (including phenoxy) is 1. The molecule has 1 aromatic heterocycles. The van der Waals surface area contributed by atoms with Gasteiger partial charge in [-0.1, -0.05) is 18.2 Å². The Morgan fingerprint density at radius 3 is 2.76 bits per heavy atom. The molecule has 2 heterocycles. The number of para-hydroxylation sites is 1. The first-order valence-electron chi connectivity index (χ1n) is 8.46. The van der Waals surface area contributed by atoms with Crippen molar-refractivity contribution < 1.29 is 9.53 Å². The average Bonchev–Trinajstić information content (AvgIpc) is 2.67. The lowest BCUT2D eigenvalue weighted by Crippen LogP contribution is -2.32. The molecule has 25 heavy (non-hydrogen) atoms. The summed E-state index contributed by atoms with van der Waals surface area (Å²) in [7, 11) is 1.60. The van der Waals surface area contributed by atoms with Gasteiger partial charge >= 0.3 is 0 Å². The second-order valence-corrected chi connectivity index (χ2v) is 6.01. The predicted molar refractivity (Wildman–Crippen MR) is 96.7 cm³/mol. The zero-order chi connectivity index (χ0) is 17.6. The zero-order valence-electron chi connectivity index (χ0n) is 14.4. The van der Waals surface area contributed by atoms with Crippen LogP contribution in [0.3, 0.4) is 0 Å². The molecule has 1 fully saturated rings. The van der Waals surface area contributed by atoms with Crippen molar-refractivity contribution in [2.45, 2.75) is 25.8 Å². The molecule has 1 amide bonds. The number of hydrogen-bond donors (Lipinski definition) is 2. The third-order valence-electron chi connectivity index (χ3n) is 4.32. The normalized spacial score (nSPS) is 14.2. The number of nitrogens with two attached hydrogens (primary N) is 1. The minimum absolute atomic E-state index is 0.202. The molecular formula is C18H23N5O2. The van der Waals surface area contributed by atoms with E-state index in [0.717, 1.165) is 37.2 Å². The van der Waals surface area contributed by atoms with Crippen LogP contribution in [-0.2, 0) is 6.54 Å². The summed E-state index contributed by atoms with van der Waals surface area (Å²) in [5, 5.41) is 2.84. The molecule has 0 radical (unpaired) electrons. The summed E-state index contributed by atoms with van der Waals surface area (Å²) in [6.45, 7) is 2.20. The second-order valence-electron chi connectivity index (χ2n) is 6.01. The van der Waals surface area contributed by atoms with Crippen LogP contribution < -0.4 is 20.7 Å². The molecule has 0 saturated carbocycles. The number of piperidine rings is 1. The van der Waals surface area contributed by atoms with Gasteiger partial charge in [0.1, 0.15) is 11.6 Å². The predicted octanol–water partition coefficient (Wildman–Crippen LogP) is 1.99. The van der Waals surface area contributed by atoms with Gasteiger partial charge in [0.25, 0.3) is 5.91 Å². The maximum absolute atomic E-state index is 12.4. The summed E-state index contributed by atoms with van der Waals surface area (Å²) in [6, 6.07) is 7.54. The van der Waals surface area contributed by atoms with Crippen molar-refractivity contribution >= 4 is 17.7 Å². The van der Waals surface area contributed by atoms with Crippen molar-refractivity contribution in [3.8, 4) is 5.75 Å². The number of amides is 1. The lowest BCUT2D eigenvalue weighted by molar-refractivity contribution is 0.0951. The molecular weight excluding hydrogens is 318 g/mol. The van der Waals surface area contributed by atoms with Gasteiger partial charge in [-0.2, -0.15) is 4.98 Å². The number of benzene rings is 1. The van der Waals surface area contributed by atoms with Crippen molar-refractivity contribution in [2.75, 3.05) is 30.8 Å². The minimum atomic E-state index is -0.298. The van der Waals surface area contributed by atoms with E-state index in [0.29, 0.717) is 12.5 Å². The van der Waals surface area contributed by atoms with Crippen LogP contribution in [0.2, 0.25) is 0 Å². The monoisotopic (exact) mass is 341 g/mol. The fourth-order valence-corrected chi connectivity index (χ4v) is 2.93. The molecule has 1 aliphatic heterocycles. The first kappa shape index (κ1) is 17.0. The second kappa shape index (κ2) is 7.83. The molecule has 132 valence electrons. The fraction of sp³-hybridized carbons (Fsp3) is 0.389. The Hall–Kier alpha value is -2.83. The maximum atomic E-state index is 12.4. The number of nitrogens with one attached hydrogen (secondary N) is 1. The molecule has 0 bridgehead atoms. The first-order chi connectivity index (χ1) is 12.2. The highest BCUT2D eigenvalue weighted by atomic mass is 16.5. The van der Waals surface area contributed by atoms with Gasteiger partial charge in [0.15, 0.2) is 0 Å². The van der Waals surface area contributed by atoms with Gasteiger partial charge in [0.2, 0.25) is 5.95 Å². The van der Waals surface area contributed by atoms with E-state index in [1.54, 1.807) is 7.11 Å². The van der Waals surface area contributed by atoms with Crippen molar-refractivity contribution in [2.24, 2.45) is 0 Å². The summed E-state index contributed by atoms with van der Waals surface area (Å²) < 4.78 is 5.28. The van der Waals surface area contributed by atoms with Crippen LogP contribution >= 0.6 is 0 Å². The minimum Gasteiger partial charge on any atom is -0.496 e. The largest absolute Gasteiger partial charge is 0.496 e. The molecule has 0 aliphatic carbocycles. The Morgan fingerprint density at radius 2 is 2.04 bits per heavy atom. The van der Waals surface area contributed by atoms with Crippen LogP contribution in [0.5, 0.6) is 5.75 Å². The third kappa shape index (κ3) is 3.99. The first-order valence-corrected chi connectivity index (χ1v) is 8.46. The Bertz CT molecular complexity index is 744. The van der Waals surface area contributed by atoms with Crippen LogP contribution in [-0.4, -0.2) is 36.1 Å². The topological polar surface area (TPSA) is 93.4 Å². The molecule has 7 heteroatoms.